The predicted octanol–water partition coefficient (Wildman–Crippen LogP) is 1.71. The number of nitrogens with zero attached hydrogens (tertiary/aromatic N) is 4. The predicted molar refractivity (Wildman–Crippen MR) is 80.8 cm³/mol. The summed E-state index contributed by atoms with van der Waals surface area (Å²) >= 11 is 0. The van der Waals surface area contributed by atoms with Crippen LogP contribution in [0.5, 0.6) is 0 Å². The first-order valence-electron chi connectivity index (χ1n) is 6.47. The van der Waals surface area contributed by atoms with E-state index >= 15 is 0 Å². The Balaban J connectivity index is 2.08. The molecule has 8 nitrogen and oxygen atoms in total. The fourth-order valence-electron chi connectivity index (χ4n) is 1.97. The maximum atomic E-state index is 11.9. The average Bonchev–Trinajstić information content (AvgIpc) is 2.76. The first kappa shape index (κ1) is 15.4. The lowest BCUT2D eigenvalue weighted by molar-refractivity contribution is -0.385. The van der Waals surface area contributed by atoms with Crippen LogP contribution < -0.4 is 5.43 Å². The molecule has 0 saturated carbocycles. The second-order valence-corrected chi connectivity index (χ2v) is 4.80. The van der Waals surface area contributed by atoms with Crippen molar-refractivity contribution in [1.29, 1.82) is 0 Å². The van der Waals surface area contributed by atoms with E-state index in [1.54, 1.807) is 24.9 Å². The van der Waals surface area contributed by atoms with Crippen molar-refractivity contribution in [3.05, 3.63) is 56.9 Å². The Morgan fingerprint density at radius 1 is 1.45 bits per heavy atom. The van der Waals surface area contributed by atoms with E-state index in [2.05, 4.69) is 15.6 Å². The van der Waals surface area contributed by atoms with Crippen LogP contribution in [0, 0.1) is 24.0 Å². The Morgan fingerprint density at radius 3 is 2.73 bits per heavy atom. The Bertz CT molecular complexity index is 764. The van der Waals surface area contributed by atoms with Gasteiger partial charge in [-0.25, -0.2) is 5.43 Å². The van der Waals surface area contributed by atoms with Gasteiger partial charge in [0.1, 0.15) is 0 Å². The van der Waals surface area contributed by atoms with Gasteiger partial charge in [-0.1, -0.05) is 0 Å². The fourth-order valence-corrected chi connectivity index (χ4v) is 1.97. The van der Waals surface area contributed by atoms with E-state index in [1.165, 1.54) is 24.4 Å². The van der Waals surface area contributed by atoms with Gasteiger partial charge in [0.15, 0.2) is 0 Å². The van der Waals surface area contributed by atoms with E-state index in [0.717, 1.165) is 11.3 Å². The fraction of sp³-hybridized carbons (Fsp3) is 0.214. The molecule has 0 aliphatic carbocycles. The Kier molecular flexibility index (Phi) is 4.31. The first-order chi connectivity index (χ1) is 10.4. The number of benzene rings is 1. The van der Waals surface area contributed by atoms with Crippen molar-refractivity contribution >= 4 is 17.8 Å². The van der Waals surface area contributed by atoms with Crippen LogP contribution in [0.4, 0.5) is 5.69 Å². The number of rotatable bonds is 4. The second-order valence-electron chi connectivity index (χ2n) is 4.80. The highest BCUT2D eigenvalue weighted by atomic mass is 16.6. The Morgan fingerprint density at radius 2 is 2.18 bits per heavy atom. The van der Waals surface area contributed by atoms with Crippen molar-refractivity contribution < 1.29 is 9.72 Å². The van der Waals surface area contributed by atoms with E-state index in [9.17, 15) is 14.9 Å². The molecule has 0 spiro atoms. The number of nitro groups is 1. The zero-order valence-electron chi connectivity index (χ0n) is 12.4. The highest BCUT2D eigenvalue weighted by molar-refractivity contribution is 5.95. The van der Waals surface area contributed by atoms with Crippen LogP contribution in [0.2, 0.25) is 0 Å². The third-order valence-corrected chi connectivity index (χ3v) is 3.08. The molecule has 0 aliphatic heterocycles. The number of aromatic nitrogens is 2. The van der Waals surface area contributed by atoms with E-state index in [1.807, 2.05) is 6.92 Å². The lowest BCUT2D eigenvalue weighted by Gasteiger charge is -2.02. The molecule has 1 heterocycles. The van der Waals surface area contributed by atoms with Gasteiger partial charge in [-0.2, -0.15) is 10.2 Å². The zero-order chi connectivity index (χ0) is 16.3. The largest absolute Gasteiger partial charge is 0.275 e. The van der Waals surface area contributed by atoms with Gasteiger partial charge in [0.2, 0.25) is 0 Å². The number of aryl methyl sites for hydroxylation is 3. The van der Waals surface area contributed by atoms with E-state index in [4.69, 9.17) is 0 Å². The minimum absolute atomic E-state index is 0.0222. The molecule has 1 aromatic heterocycles. The molecule has 1 aromatic carbocycles. The van der Waals surface area contributed by atoms with Gasteiger partial charge >= 0.3 is 0 Å². The van der Waals surface area contributed by atoms with E-state index in [-0.39, 0.29) is 5.69 Å². The van der Waals surface area contributed by atoms with Crippen molar-refractivity contribution in [3.8, 4) is 0 Å². The van der Waals surface area contributed by atoms with Gasteiger partial charge < -0.3 is 0 Å². The molecule has 114 valence electrons. The molecule has 2 aromatic rings. The van der Waals surface area contributed by atoms with Crippen molar-refractivity contribution in [2.75, 3.05) is 0 Å². The van der Waals surface area contributed by atoms with Crippen LogP contribution in [0.1, 0.15) is 27.2 Å². The number of carbonyl (C=O) groups excluding carboxylic acids is 1. The van der Waals surface area contributed by atoms with Gasteiger partial charge in [0, 0.05) is 36.0 Å². The number of carbonyl (C=O) groups is 1. The molecule has 0 unspecified atom stereocenters. The van der Waals surface area contributed by atoms with Crippen LogP contribution in [0.25, 0.3) is 0 Å². The highest BCUT2D eigenvalue weighted by Gasteiger charge is 2.13. The van der Waals surface area contributed by atoms with Crippen LogP contribution in [0.15, 0.2) is 29.5 Å². The number of nitrogens with one attached hydrogen (secondary N) is 1. The molecular formula is C14H15N5O3. The van der Waals surface area contributed by atoms with Crippen molar-refractivity contribution in [2.24, 2.45) is 12.1 Å². The Hall–Kier alpha value is -3.03. The molecule has 0 radical (unpaired) electrons. The number of amides is 1. The molecule has 0 aliphatic rings. The zero-order valence-corrected chi connectivity index (χ0v) is 12.4. The molecule has 0 atom stereocenters. The third-order valence-electron chi connectivity index (χ3n) is 3.08. The normalized spacial score (nSPS) is 10.9. The lowest BCUT2D eigenvalue weighted by Crippen LogP contribution is -2.17. The number of hydrogen-bond donors (Lipinski definition) is 1. The Labute approximate surface area is 126 Å². The quantitative estimate of drug-likeness (QED) is 0.527. The van der Waals surface area contributed by atoms with Crippen molar-refractivity contribution in [2.45, 2.75) is 13.8 Å². The summed E-state index contributed by atoms with van der Waals surface area (Å²) in [4.78, 5) is 22.2. The smallest absolute Gasteiger partial charge is 0.272 e. The van der Waals surface area contributed by atoms with Gasteiger partial charge in [0.25, 0.3) is 11.6 Å². The average molecular weight is 301 g/mol. The third kappa shape index (κ3) is 3.35. The summed E-state index contributed by atoms with van der Waals surface area (Å²) in [6, 6.07) is 4.16. The second kappa shape index (κ2) is 6.17. The minimum atomic E-state index is -0.486. The molecule has 2 rings (SSSR count). The summed E-state index contributed by atoms with van der Waals surface area (Å²) in [5, 5.41) is 18.8. The SMILES string of the molecule is Cc1cc(C(=O)NN=Cc2cn(C)nc2C)ccc1[N+](=O)[O-]. The molecule has 22 heavy (non-hydrogen) atoms. The van der Waals surface area contributed by atoms with E-state index in [0.29, 0.717) is 11.1 Å². The molecule has 8 heteroatoms. The summed E-state index contributed by atoms with van der Waals surface area (Å²) in [5.74, 6) is -0.434. The van der Waals surface area contributed by atoms with Crippen LogP contribution in [-0.4, -0.2) is 26.8 Å². The first-order valence-corrected chi connectivity index (χ1v) is 6.47. The van der Waals surface area contributed by atoms with Gasteiger partial charge in [-0.05, 0) is 26.0 Å². The highest BCUT2D eigenvalue weighted by Crippen LogP contribution is 2.18. The monoisotopic (exact) mass is 301 g/mol. The van der Waals surface area contributed by atoms with Crippen LogP contribution in [-0.2, 0) is 7.05 Å². The summed E-state index contributed by atoms with van der Waals surface area (Å²) < 4.78 is 1.65. The molecule has 0 saturated heterocycles. The van der Waals surface area contributed by atoms with Crippen LogP contribution >= 0.6 is 0 Å². The topological polar surface area (TPSA) is 102 Å². The molecule has 1 amide bonds. The summed E-state index contributed by atoms with van der Waals surface area (Å²) in [5.41, 5.74) is 4.68. The summed E-state index contributed by atoms with van der Waals surface area (Å²) in [6.45, 7) is 3.42. The minimum Gasteiger partial charge on any atom is -0.275 e. The van der Waals surface area contributed by atoms with Gasteiger partial charge in [-0.3, -0.25) is 19.6 Å². The van der Waals surface area contributed by atoms with Gasteiger partial charge in [0.05, 0.1) is 16.8 Å². The molecular weight excluding hydrogens is 286 g/mol. The summed E-state index contributed by atoms with van der Waals surface area (Å²) in [7, 11) is 1.79. The molecule has 0 bridgehead atoms. The standard InChI is InChI=1S/C14H15N5O3/c1-9-6-11(4-5-13(9)19(21)22)14(20)16-15-7-12-8-18(3)17-10(12)2/h4-8H,1-3H3,(H,16,20). The summed E-state index contributed by atoms with van der Waals surface area (Å²) in [6.07, 6.45) is 3.28. The number of nitro benzene ring substituents is 1. The molecule has 1 N–H and O–H groups in total. The van der Waals surface area contributed by atoms with Crippen molar-refractivity contribution in [3.63, 3.8) is 0 Å². The van der Waals surface area contributed by atoms with Crippen LogP contribution in [0.3, 0.4) is 0 Å². The number of hydrazone groups is 1. The number of hydrogen-bond acceptors (Lipinski definition) is 5. The molecule has 0 fully saturated rings. The van der Waals surface area contributed by atoms with Crippen molar-refractivity contribution in [1.82, 2.24) is 15.2 Å². The van der Waals surface area contributed by atoms with Gasteiger partial charge in [-0.15, -0.1) is 0 Å². The maximum absolute atomic E-state index is 11.9. The maximum Gasteiger partial charge on any atom is 0.272 e. The lowest BCUT2D eigenvalue weighted by atomic mass is 10.1. The van der Waals surface area contributed by atoms with E-state index < -0.39 is 10.8 Å².